The number of rotatable bonds is 5. The van der Waals surface area contributed by atoms with Gasteiger partial charge in [-0.3, -0.25) is 9.78 Å². The van der Waals surface area contributed by atoms with Crippen LogP contribution >= 0.6 is 11.6 Å². The molecule has 0 fully saturated rings. The van der Waals surface area contributed by atoms with Crippen LogP contribution in [-0.2, 0) is 6.54 Å². The van der Waals surface area contributed by atoms with Crippen LogP contribution in [0.25, 0.3) is 0 Å². The highest BCUT2D eigenvalue weighted by Crippen LogP contribution is 2.17. The first-order chi connectivity index (χ1) is 12.1. The lowest BCUT2D eigenvalue weighted by Crippen LogP contribution is -2.23. The number of nitrogens with one attached hydrogen (secondary N) is 2. The van der Waals surface area contributed by atoms with Crippen molar-refractivity contribution in [3.63, 3.8) is 0 Å². The smallest absolute Gasteiger partial charge is 0.253 e. The fraction of sp³-hybridized carbons (Fsp3) is 0.0526. The van der Waals surface area contributed by atoms with E-state index >= 15 is 0 Å². The highest BCUT2D eigenvalue weighted by Gasteiger charge is 2.07. The summed E-state index contributed by atoms with van der Waals surface area (Å²) in [5.74, 6) is -0.538. The van der Waals surface area contributed by atoms with Crippen LogP contribution in [0.4, 0.5) is 15.8 Å². The van der Waals surface area contributed by atoms with Crippen molar-refractivity contribution in [2.45, 2.75) is 6.54 Å². The van der Waals surface area contributed by atoms with E-state index in [1.807, 2.05) is 12.1 Å². The fourth-order valence-corrected chi connectivity index (χ4v) is 2.35. The van der Waals surface area contributed by atoms with Crippen LogP contribution in [0.15, 0.2) is 67.0 Å². The Kier molecular flexibility index (Phi) is 5.26. The predicted octanol–water partition coefficient (Wildman–Crippen LogP) is 4.55. The Morgan fingerprint density at radius 1 is 1.00 bits per heavy atom. The summed E-state index contributed by atoms with van der Waals surface area (Å²) in [5.41, 5.74) is 2.74. The number of hydrogen-bond donors (Lipinski definition) is 2. The molecule has 0 saturated heterocycles. The molecule has 0 radical (unpaired) electrons. The van der Waals surface area contributed by atoms with Gasteiger partial charge in [0, 0.05) is 23.5 Å². The summed E-state index contributed by atoms with van der Waals surface area (Å²) in [7, 11) is 0. The minimum atomic E-state index is -0.306. The summed E-state index contributed by atoms with van der Waals surface area (Å²) in [5, 5.41) is 6.57. The van der Waals surface area contributed by atoms with E-state index in [2.05, 4.69) is 15.6 Å². The lowest BCUT2D eigenvalue weighted by Gasteiger charge is -2.09. The van der Waals surface area contributed by atoms with E-state index in [0.717, 1.165) is 5.56 Å². The van der Waals surface area contributed by atoms with Crippen molar-refractivity contribution in [2.24, 2.45) is 0 Å². The first-order valence-electron chi connectivity index (χ1n) is 7.60. The zero-order chi connectivity index (χ0) is 17.6. The van der Waals surface area contributed by atoms with E-state index in [1.54, 1.807) is 36.5 Å². The third-order valence-corrected chi connectivity index (χ3v) is 3.75. The maximum atomic E-state index is 12.9. The van der Waals surface area contributed by atoms with Gasteiger partial charge in [-0.1, -0.05) is 23.7 Å². The van der Waals surface area contributed by atoms with Crippen LogP contribution in [0, 0.1) is 5.82 Å². The number of nitrogens with zero attached hydrogens (tertiary/aromatic N) is 1. The van der Waals surface area contributed by atoms with Gasteiger partial charge in [-0.2, -0.15) is 0 Å². The minimum absolute atomic E-state index is 0.231. The van der Waals surface area contributed by atoms with Gasteiger partial charge in [-0.25, -0.2) is 4.39 Å². The minimum Gasteiger partial charge on any atom is -0.354 e. The molecule has 4 nitrogen and oxygen atoms in total. The van der Waals surface area contributed by atoms with E-state index < -0.39 is 0 Å². The molecule has 3 aromatic rings. The summed E-state index contributed by atoms with van der Waals surface area (Å²) in [6, 6.07) is 14.9. The number of halogens is 2. The highest BCUT2D eigenvalue weighted by molar-refractivity contribution is 6.30. The van der Waals surface area contributed by atoms with Gasteiger partial charge in [0.05, 0.1) is 17.4 Å². The monoisotopic (exact) mass is 355 g/mol. The number of pyridine rings is 1. The number of hydrogen-bond acceptors (Lipinski definition) is 3. The first-order valence-corrected chi connectivity index (χ1v) is 7.98. The molecule has 1 aromatic heterocycles. The molecule has 25 heavy (non-hydrogen) atoms. The number of carbonyl (C=O) groups is 1. The van der Waals surface area contributed by atoms with E-state index in [4.69, 9.17) is 11.6 Å². The van der Waals surface area contributed by atoms with Crippen LogP contribution in [0.3, 0.4) is 0 Å². The van der Waals surface area contributed by atoms with Crippen LogP contribution in [-0.4, -0.2) is 10.9 Å². The van der Waals surface area contributed by atoms with Gasteiger partial charge in [-0.05, 0) is 48.0 Å². The maximum Gasteiger partial charge on any atom is 0.253 e. The van der Waals surface area contributed by atoms with Gasteiger partial charge in [0.2, 0.25) is 0 Å². The second-order valence-corrected chi connectivity index (χ2v) is 5.84. The topological polar surface area (TPSA) is 54.0 Å². The Morgan fingerprint density at radius 2 is 1.72 bits per heavy atom. The number of aromatic nitrogens is 1. The number of anilines is 2. The Hall–Kier alpha value is -2.92. The van der Waals surface area contributed by atoms with E-state index in [9.17, 15) is 9.18 Å². The molecule has 3 rings (SSSR count). The zero-order valence-electron chi connectivity index (χ0n) is 13.2. The van der Waals surface area contributed by atoms with Gasteiger partial charge in [0.1, 0.15) is 5.82 Å². The molecule has 2 N–H and O–H groups in total. The van der Waals surface area contributed by atoms with Crippen LogP contribution in [0.5, 0.6) is 0 Å². The fourth-order valence-electron chi connectivity index (χ4n) is 2.22. The molecule has 0 aliphatic rings. The van der Waals surface area contributed by atoms with Crippen LogP contribution in [0.1, 0.15) is 15.9 Å². The molecule has 2 aromatic carbocycles. The molecular weight excluding hydrogens is 341 g/mol. The van der Waals surface area contributed by atoms with Gasteiger partial charge < -0.3 is 10.6 Å². The third kappa shape index (κ3) is 4.78. The van der Waals surface area contributed by atoms with Crippen molar-refractivity contribution in [1.29, 1.82) is 0 Å². The summed E-state index contributed by atoms with van der Waals surface area (Å²) in [6.07, 6.45) is 3.09. The standard InChI is InChI=1S/C19H15ClFN3O/c20-15-3-1-13(2-4-15)10-23-19(25)14-9-18(12-22-11-14)24-17-7-5-16(21)6-8-17/h1-9,11-12,24H,10H2,(H,23,25). The molecule has 0 spiro atoms. The average molecular weight is 356 g/mol. The van der Waals surface area contributed by atoms with E-state index in [0.29, 0.717) is 28.5 Å². The zero-order valence-corrected chi connectivity index (χ0v) is 13.9. The Balaban J connectivity index is 1.64. The molecule has 0 saturated carbocycles. The number of carbonyl (C=O) groups excluding carboxylic acids is 1. The quantitative estimate of drug-likeness (QED) is 0.706. The van der Waals surface area contributed by atoms with Crippen molar-refractivity contribution >= 4 is 28.9 Å². The van der Waals surface area contributed by atoms with Crippen molar-refractivity contribution in [3.05, 3.63) is 89.0 Å². The van der Waals surface area contributed by atoms with Crippen molar-refractivity contribution in [3.8, 4) is 0 Å². The van der Waals surface area contributed by atoms with E-state index in [1.165, 1.54) is 18.3 Å². The molecule has 1 heterocycles. The third-order valence-electron chi connectivity index (χ3n) is 3.50. The molecule has 6 heteroatoms. The summed E-state index contributed by atoms with van der Waals surface area (Å²) in [4.78, 5) is 16.4. The first kappa shape index (κ1) is 16.9. The summed E-state index contributed by atoms with van der Waals surface area (Å²) >= 11 is 5.84. The lowest BCUT2D eigenvalue weighted by atomic mass is 10.2. The summed E-state index contributed by atoms with van der Waals surface area (Å²) in [6.45, 7) is 0.394. The normalized spacial score (nSPS) is 10.3. The molecule has 0 aliphatic heterocycles. The number of benzene rings is 2. The van der Waals surface area contributed by atoms with Crippen molar-refractivity contribution < 1.29 is 9.18 Å². The van der Waals surface area contributed by atoms with Crippen LogP contribution in [0.2, 0.25) is 5.02 Å². The Morgan fingerprint density at radius 3 is 2.44 bits per heavy atom. The molecule has 0 aliphatic carbocycles. The summed E-state index contributed by atoms with van der Waals surface area (Å²) < 4.78 is 12.9. The second-order valence-electron chi connectivity index (χ2n) is 5.40. The SMILES string of the molecule is O=C(NCc1ccc(Cl)cc1)c1cncc(Nc2ccc(F)cc2)c1. The van der Waals surface area contributed by atoms with Gasteiger partial charge >= 0.3 is 0 Å². The predicted molar refractivity (Wildman–Crippen MR) is 96.5 cm³/mol. The lowest BCUT2D eigenvalue weighted by molar-refractivity contribution is 0.0950. The molecule has 0 unspecified atom stereocenters. The Labute approximate surface area is 149 Å². The van der Waals surface area contributed by atoms with E-state index in [-0.39, 0.29) is 11.7 Å². The molecule has 126 valence electrons. The average Bonchev–Trinajstić information content (AvgIpc) is 2.63. The van der Waals surface area contributed by atoms with Crippen LogP contribution < -0.4 is 10.6 Å². The largest absolute Gasteiger partial charge is 0.354 e. The molecule has 1 amide bonds. The molecule has 0 bridgehead atoms. The van der Waals surface area contributed by atoms with Gasteiger partial charge in [0.15, 0.2) is 0 Å². The maximum absolute atomic E-state index is 12.9. The van der Waals surface area contributed by atoms with Gasteiger partial charge in [-0.15, -0.1) is 0 Å². The molecular formula is C19H15ClFN3O. The number of amides is 1. The highest BCUT2D eigenvalue weighted by atomic mass is 35.5. The van der Waals surface area contributed by atoms with Crippen molar-refractivity contribution in [2.75, 3.05) is 5.32 Å². The second kappa shape index (κ2) is 7.77. The Bertz CT molecular complexity index is 867. The molecule has 0 atom stereocenters. The van der Waals surface area contributed by atoms with Gasteiger partial charge in [0.25, 0.3) is 5.91 Å². The van der Waals surface area contributed by atoms with Crippen molar-refractivity contribution in [1.82, 2.24) is 10.3 Å².